The van der Waals surface area contributed by atoms with Crippen LogP contribution < -0.4 is 11.1 Å². The summed E-state index contributed by atoms with van der Waals surface area (Å²) in [5.74, 6) is 1.13. The first-order valence-electron chi connectivity index (χ1n) is 12.2. The largest absolute Gasteiger partial charge is 0.381 e. The number of nitrogens with one attached hydrogen (secondary N) is 1. The van der Waals surface area contributed by atoms with Gasteiger partial charge in [-0.05, 0) is 60.9 Å². The molecule has 9 nitrogen and oxygen atoms in total. The number of hydrogen-bond donors (Lipinski definition) is 2. The lowest BCUT2D eigenvalue weighted by Crippen LogP contribution is -2.38. The van der Waals surface area contributed by atoms with Crippen molar-refractivity contribution < 1.29 is 9.53 Å². The third-order valence-corrected chi connectivity index (χ3v) is 7.62. The van der Waals surface area contributed by atoms with Crippen molar-refractivity contribution in [1.82, 2.24) is 25.1 Å². The van der Waals surface area contributed by atoms with Crippen LogP contribution >= 0.6 is 0 Å². The van der Waals surface area contributed by atoms with E-state index in [1.165, 1.54) is 28.4 Å². The van der Waals surface area contributed by atoms with E-state index in [4.69, 9.17) is 15.5 Å². The van der Waals surface area contributed by atoms with Gasteiger partial charge in [-0.3, -0.25) is 9.79 Å². The Kier molecular flexibility index (Phi) is 5.17. The molecule has 1 saturated heterocycles. The van der Waals surface area contributed by atoms with Gasteiger partial charge in [-0.1, -0.05) is 6.92 Å². The number of ether oxygens (including phenoxy) is 1. The standard InChI is InChI=1S/C26H29N7O2/c1-15-7-17(8-18-10-28-14-26(22(15)18)9-16(26)2)21-12-29-23(27)24(32-21)33-13-19(11-30-33)25(34)31-20-3-5-35-6-4-20/h7-8,10-13,16,20H,3-6,9,14H2,1-2H3,(H2,27,29)(H,31,34). The fourth-order valence-electron chi connectivity index (χ4n) is 5.55. The van der Waals surface area contributed by atoms with E-state index in [-0.39, 0.29) is 23.2 Å². The number of rotatable bonds is 4. The molecule has 35 heavy (non-hydrogen) atoms. The van der Waals surface area contributed by atoms with Crippen molar-refractivity contribution in [1.29, 1.82) is 0 Å². The number of carbonyl (C=O) groups excluding carboxylic acids is 1. The molecule has 1 saturated carbocycles. The fraction of sp³-hybridized carbons (Fsp3) is 0.423. The Morgan fingerprint density at radius 1 is 1.26 bits per heavy atom. The molecule has 9 heteroatoms. The molecule has 1 aromatic carbocycles. The van der Waals surface area contributed by atoms with Gasteiger partial charge in [0, 0.05) is 49.2 Å². The van der Waals surface area contributed by atoms with Crippen LogP contribution in [0.5, 0.6) is 0 Å². The van der Waals surface area contributed by atoms with Gasteiger partial charge in [-0.15, -0.1) is 0 Å². The van der Waals surface area contributed by atoms with E-state index >= 15 is 0 Å². The van der Waals surface area contributed by atoms with Crippen LogP contribution in [0.15, 0.2) is 35.7 Å². The maximum absolute atomic E-state index is 12.7. The molecule has 2 aromatic heterocycles. The van der Waals surface area contributed by atoms with Crippen LogP contribution in [0.25, 0.3) is 17.1 Å². The van der Waals surface area contributed by atoms with Crippen molar-refractivity contribution in [2.75, 3.05) is 25.5 Å². The average molecular weight is 472 g/mol. The molecule has 180 valence electrons. The lowest BCUT2D eigenvalue weighted by molar-refractivity contribution is 0.0696. The number of nitrogen functional groups attached to an aromatic ring is 1. The summed E-state index contributed by atoms with van der Waals surface area (Å²) in [5, 5.41) is 7.40. The van der Waals surface area contributed by atoms with Gasteiger partial charge in [0.05, 0.1) is 23.7 Å². The summed E-state index contributed by atoms with van der Waals surface area (Å²) in [6.07, 6.45) is 9.63. The molecular formula is C26H29N7O2. The second-order valence-corrected chi connectivity index (χ2v) is 9.99. The lowest BCUT2D eigenvalue weighted by atomic mass is 9.83. The average Bonchev–Trinajstić information content (AvgIpc) is 3.25. The topological polar surface area (TPSA) is 120 Å². The summed E-state index contributed by atoms with van der Waals surface area (Å²) in [4.78, 5) is 26.5. The number of fused-ring (bicyclic) bond motifs is 2. The molecule has 2 atom stereocenters. The van der Waals surface area contributed by atoms with Crippen LogP contribution in [0.3, 0.4) is 0 Å². The smallest absolute Gasteiger partial charge is 0.254 e. The highest BCUT2D eigenvalue weighted by molar-refractivity contribution is 5.94. The summed E-state index contributed by atoms with van der Waals surface area (Å²) < 4.78 is 6.87. The SMILES string of the molecule is Cc1cc(-c2cnc(N)c(-n3cc(C(=O)NC4CCOCC4)cn3)n2)cc2c1C1(CN=C2)CC1C. The molecule has 2 aliphatic heterocycles. The van der Waals surface area contributed by atoms with Crippen molar-refractivity contribution in [3.8, 4) is 17.1 Å². The predicted octanol–water partition coefficient (Wildman–Crippen LogP) is 2.84. The molecule has 3 aromatic rings. The Balaban J connectivity index is 1.29. The number of carbonyl (C=O) groups is 1. The molecule has 0 bridgehead atoms. The minimum atomic E-state index is -0.168. The number of aliphatic imine (C=N–C) groups is 1. The summed E-state index contributed by atoms with van der Waals surface area (Å²) in [5.41, 5.74) is 12.3. The number of anilines is 1. The first kappa shape index (κ1) is 21.9. The van der Waals surface area contributed by atoms with Crippen LogP contribution in [0.4, 0.5) is 5.82 Å². The Bertz CT molecular complexity index is 1340. The highest BCUT2D eigenvalue weighted by atomic mass is 16.5. The number of aromatic nitrogens is 4. The first-order chi connectivity index (χ1) is 16.9. The van der Waals surface area contributed by atoms with E-state index in [0.29, 0.717) is 36.2 Å². The summed E-state index contributed by atoms with van der Waals surface area (Å²) in [6.45, 7) is 6.67. The molecule has 0 radical (unpaired) electrons. The molecule has 2 unspecified atom stereocenters. The van der Waals surface area contributed by atoms with Crippen molar-refractivity contribution in [3.05, 3.63) is 53.0 Å². The van der Waals surface area contributed by atoms with E-state index in [9.17, 15) is 4.79 Å². The highest BCUT2D eigenvalue weighted by Crippen LogP contribution is 2.57. The fourth-order valence-corrected chi connectivity index (χ4v) is 5.55. The van der Waals surface area contributed by atoms with E-state index in [1.807, 2.05) is 6.21 Å². The van der Waals surface area contributed by atoms with Gasteiger partial charge in [-0.2, -0.15) is 5.10 Å². The second-order valence-electron chi connectivity index (χ2n) is 9.99. The van der Waals surface area contributed by atoms with Gasteiger partial charge in [0.15, 0.2) is 11.6 Å². The quantitative estimate of drug-likeness (QED) is 0.604. The van der Waals surface area contributed by atoms with Gasteiger partial charge >= 0.3 is 0 Å². The van der Waals surface area contributed by atoms with Crippen molar-refractivity contribution in [3.63, 3.8) is 0 Å². The number of aryl methyl sites for hydroxylation is 1. The highest BCUT2D eigenvalue weighted by Gasteiger charge is 2.54. The van der Waals surface area contributed by atoms with Gasteiger partial charge < -0.3 is 15.8 Å². The minimum absolute atomic E-state index is 0.112. The minimum Gasteiger partial charge on any atom is -0.381 e. The van der Waals surface area contributed by atoms with Crippen LogP contribution in [0, 0.1) is 12.8 Å². The Labute approximate surface area is 203 Å². The summed E-state index contributed by atoms with van der Waals surface area (Å²) in [6, 6.07) is 4.42. The van der Waals surface area contributed by atoms with Crippen molar-refractivity contribution >= 4 is 17.9 Å². The molecule has 3 aliphatic rings. The van der Waals surface area contributed by atoms with E-state index < -0.39 is 0 Å². The third kappa shape index (κ3) is 3.80. The Hall–Kier alpha value is -3.59. The number of hydrogen-bond acceptors (Lipinski definition) is 7. The second kappa shape index (κ2) is 8.27. The van der Waals surface area contributed by atoms with Crippen molar-refractivity contribution in [2.45, 2.75) is 44.6 Å². The zero-order chi connectivity index (χ0) is 24.2. The zero-order valence-electron chi connectivity index (χ0n) is 20.0. The third-order valence-electron chi connectivity index (χ3n) is 7.62. The number of benzene rings is 1. The van der Waals surface area contributed by atoms with Gasteiger partial charge in [0.2, 0.25) is 0 Å². The van der Waals surface area contributed by atoms with Crippen LogP contribution in [0.1, 0.15) is 53.2 Å². The van der Waals surface area contributed by atoms with Gasteiger partial charge in [-0.25, -0.2) is 14.6 Å². The molecular weight excluding hydrogens is 442 g/mol. The number of nitrogens with two attached hydrogens (primary N) is 1. The van der Waals surface area contributed by atoms with Crippen LogP contribution in [0.2, 0.25) is 0 Å². The summed E-state index contributed by atoms with van der Waals surface area (Å²) in [7, 11) is 0. The maximum Gasteiger partial charge on any atom is 0.254 e. The molecule has 1 aliphatic carbocycles. The molecule has 3 N–H and O–H groups in total. The Morgan fingerprint density at radius 3 is 2.83 bits per heavy atom. The van der Waals surface area contributed by atoms with Gasteiger partial charge in [0.25, 0.3) is 5.91 Å². The van der Waals surface area contributed by atoms with Crippen LogP contribution in [-0.2, 0) is 10.2 Å². The Morgan fingerprint density at radius 2 is 2.06 bits per heavy atom. The summed E-state index contributed by atoms with van der Waals surface area (Å²) >= 11 is 0. The molecule has 2 fully saturated rings. The van der Waals surface area contributed by atoms with E-state index in [2.05, 4.69) is 46.4 Å². The molecule has 1 amide bonds. The number of nitrogens with zero attached hydrogens (tertiary/aromatic N) is 5. The van der Waals surface area contributed by atoms with E-state index in [0.717, 1.165) is 30.5 Å². The van der Waals surface area contributed by atoms with Crippen LogP contribution in [-0.4, -0.2) is 57.7 Å². The van der Waals surface area contributed by atoms with E-state index in [1.54, 1.807) is 12.4 Å². The van der Waals surface area contributed by atoms with Crippen molar-refractivity contribution in [2.24, 2.45) is 10.9 Å². The lowest BCUT2D eigenvalue weighted by Gasteiger charge is -2.25. The normalized spacial score (nSPS) is 23.3. The monoisotopic (exact) mass is 471 g/mol. The molecule has 6 rings (SSSR count). The molecule has 4 heterocycles. The first-order valence-corrected chi connectivity index (χ1v) is 12.2. The molecule has 1 spiro atoms. The zero-order valence-corrected chi connectivity index (χ0v) is 20.0. The maximum atomic E-state index is 12.7. The van der Waals surface area contributed by atoms with Gasteiger partial charge in [0.1, 0.15) is 0 Å². The number of amides is 1. The predicted molar refractivity (Wildman–Crippen MR) is 133 cm³/mol.